The minimum atomic E-state index is 0.268. The average molecular weight is 213 g/mol. The summed E-state index contributed by atoms with van der Waals surface area (Å²) in [7, 11) is 1.71. The van der Waals surface area contributed by atoms with E-state index in [-0.39, 0.29) is 5.38 Å². The number of rotatable bonds is 5. The number of hydrogen-bond acceptors (Lipinski definition) is 1. The topological polar surface area (TPSA) is 9.23 Å². The highest BCUT2D eigenvalue weighted by atomic mass is 35.5. The zero-order valence-electron chi connectivity index (χ0n) is 8.79. The average Bonchev–Trinajstić information content (AvgIpc) is 2.18. The summed E-state index contributed by atoms with van der Waals surface area (Å²) in [5.41, 5.74) is 1.27. The molecule has 1 unspecified atom stereocenters. The maximum atomic E-state index is 5.89. The van der Waals surface area contributed by atoms with Crippen LogP contribution in [0.5, 0.6) is 5.75 Å². The summed E-state index contributed by atoms with van der Waals surface area (Å²) in [6.07, 6.45) is 3.21. The van der Waals surface area contributed by atoms with Gasteiger partial charge in [0.1, 0.15) is 5.75 Å². The van der Waals surface area contributed by atoms with Gasteiger partial charge in [0, 0.05) is 5.38 Å². The summed E-state index contributed by atoms with van der Waals surface area (Å²) in [6, 6.07) is 8.14. The van der Waals surface area contributed by atoms with Gasteiger partial charge in [0.15, 0.2) is 0 Å². The van der Waals surface area contributed by atoms with Crippen molar-refractivity contribution in [2.75, 3.05) is 7.11 Å². The third-order valence-electron chi connectivity index (χ3n) is 2.24. The van der Waals surface area contributed by atoms with Crippen molar-refractivity contribution in [3.63, 3.8) is 0 Å². The second-order valence-electron chi connectivity index (χ2n) is 3.48. The van der Waals surface area contributed by atoms with Crippen molar-refractivity contribution in [1.29, 1.82) is 0 Å². The van der Waals surface area contributed by atoms with Crippen molar-refractivity contribution in [1.82, 2.24) is 0 Å². The predicted octanol–water partition coefficient (Wildman–Crippen LogP) is 3.65. The summed E-state index contributed by atoms with van der Waals surface area (Å²) >= 11 is 5.89. The molecule has 0 heterocycles. The van der Waals surface area contributed by atoms with Gasteiger partial charge >= 0.3 is 0 Å². The molecule has 14 heavy (non-hydrogen) atoms. The molecular weight excluding hydrogens is 196 g/mol. The molecule has 1 aromatic carbocycles. The second kappa shape index (κ2) is 5.92. The summed E-state index contributed by atoms with van der Waals surface area (Å²) < 4.78 is 5.27. The first-order chi connectivity index (χ1) is 6.74. The largest absolute Gasteiger partial charge is 0.496 e. The Balaban J connectivity index is 2.49. The van der Waals surface area contributed by atoms with Crippen LogP contribution in [0.3, 0.4) is 0 Å². The lowest BCUT2D eigenvalue weighted by molar-refractivity contribution is 0.409. The SMILES string of the molecule is COc1ccccc1CCCC(C)Cl. The summed E-state index contributed by atoms with van der Waals surface area (Å²) in [5.74, 6) is 0.981. The van der Waals surface area contributed by atoms with E-state index in [2.05, 4.69) is 6.07 Å². The molecule has 1 atom stereocenters. The van der Waals surface area contributed by atoms with Crippen molar-refractivity contribution < 1.29 is 4.74 Å². The van der Waals surface area contributed by atoms with Gasteiger partial charge in [-0.2, -0.15) is 0 Å². The van der Waals surface area contributed by atoms with Crippen LogP contribution in [-0.2, 0) is 6.42 Å². The Morgan fingerprint density at radius 1 is 1.36 bits per heavy atom. The van der Waals surface area contributed by atoms with E-state index in [9.17, 15) is 0 Å². The van der Waals surface area contributed by atoms with E-state index in [0.29, 0.717) is 0 Å². The normalized spacial score (nSPS) is 12.5. The number of para-hydroxylation sites is 1. The molecule has 0 amide bonds. The number of benzene rings is 1. The van der Waals surface area contributed by atoms with Gasteiger partial charge < -0.3 is 4.74 Å². The number of alkyl halides is 1. The first-order valence-electron chi connectivity index (χ1n) is 5.00. The monoisotopic (exact) mass is 212 g/mol. The molecule has 78 valence electrons. The molecule has 0 bridgehead atoms. The quantitative estimate of drug-likeness (QED) is 0.678. The smallest absolute Gasteiger partial charge is 0.122 e. The third kappa shape index (κ3) is 3.59. The summed E-state index contributed by atoms with van der Waals surface area (Å²) in [4.78, 5) is 0. The Bertz CT molecular complexity index is 271. The lowest BCUT2D eigenvalue weighted by atomic mass is 10.1. The maximum absolute atomic E-state index is 5.89. The molecule has 0 N–H and O–H groups in total. The summed E-state index contributed by atoms with van der Waals surface area (Å²) in [5, 5.41) is 0.268. The van der Waals surface area contributed by atoms with Crippen molar-refractivity contribution in [3.05, 3.63) is 29.8 Å². The molecule has 0 saturated carbocycles. The molecular formula is C12H17ClO. The van der Waals surface area contributed by atoms with Crippen LogP contribution in [0.1, 0.15) is 25.3 Å². The van der Waals surface area contributed by atoms with E-state index in [1.165, 1.54) is 5.56 Å². The standard InChI is InChI=1S/C12H17ClO/c1-10(13)6-5-8-11-7-3-4-9-12(11)14-2/h3-4,7,9-10H,5-6,8H2,1-2H3. The van der Waals surface area contributed by atoms with E-state index in [0.717, 1.165) is 25.0 Å². The molecule has 0 aliphatic rings. The zero-order valence-corrected chi connectivity index (χ0v) is 9.55. The highest BCUT2D eigenvalue weighted by Gasteiger charge is 2.02. The van der Waals surface area contributed by atoms with Gasteiger partial charge in [-0.1, -0.05) is 18.2 Å². The van der Waals surface area contributed by atoms with Crippen LogP contribution in [0.4, 0.5) is 0 Å². The van der Waals surface area contributed by atoms with E-state index >= 15 is 0 Å². The fourth-order valence-electron chi connectivity index (χ4n) is 1.48. The molecule has 1 rings (SSSR count). The molecule has 0 aliphatic carbocycles. The van der Waals surface area contributed by atoms with Crippen LogP contribution in [0, 0.1) is 0 Å². The van der Waals surface area contributed by atoms with E-state index < -0.39 is 0 Å². The highest BCUT2D eigenvalue weighted by molar-refractivity contribution is 6.20. The van der Waals surface area contributed by atoms with Gasteiger partial charge in [0.25, 0.3) is 0 Å². The Morgan fingerprint density at radius 2 is 2.07 bits per heavy atom. The molecule has 0 radical (unpaired) electrons. The molecule has 0 fully saturated rings. The molecule has 1 aromatic rings. The summed E-state index contributed by atoms with van der Waals surface area (Å²) in [6.45, 7) is 2.03. The van der Waals surface area contributed by atoms with Gasteiger partial charge in [0.05, 0.1) is 7.11 Å². The van der Waals surface area contributed by atoms with Crippen molar-refractivity contribution in [2.24, 2.45) is 0 Å². The Kier molecular flexibility index (Phi) is 4.81. The first-order valence-corrected chi connectivity index (χ1v) is 5.43. The number of hydrogen-bond donors (Lipinski definition) is 0. The fourth-order valence-corrected chi connectivity index (χ4v) is 1.64. The van der Waals surface area contributed by atoms with Crippen LogP contribution in [0.15, 0.2) is 24.3 Å². The fraction of sp³-hybridized carbons (Fsp3) is 0.500. The second-order valence-corrected chi connectivity index (χ2v) is 4.23. The van der Waals surface area contributed by atoms with E-state index in [1.807, 2.05) is 25.1 Å². The van der Waals surface area contributed by atoms with Crippen LogP contribution in [0.2, 0.25) is 0 Å². The van der Waals surface area contributed by atoms with Gasteiger partial charge in [-0.05, 0) is 37.8 Å². The first kappa shape index (κ1) is 11.4. The van der Waals surface area contributed by atoms with Crippen LogP contribution in [0.25, 0.3) is 0 Å². The van der Waals surface area contributed by atoms with Crippen LogP contribution >= 0.6 is 11.6 Å². The number of ether oxygens (including phenoxy) is 1. The van der Waals surface area contributed by atoms with Crippen molar-refractivity contribution in [3.8, 4) is 5.75 Å². The Labute approximate surface area is 91.0 Å². The predicted molar refractivity (Wildman–Crippen MR) is 61.2 cm³/mol. The molecule has 0 spiro atoms. The Morgan fingerprint density at radius 3 is 2.71 bits per heavy atom. The highest BCUT2D eigenvalue weighted by Crippen LogP contribution is 2.20. The minimum Gasteiger partial charge on any atom is -0.496 e. The maximum Gasteiger partial charge on any atom is 0.122 e. The zero-order chi connectivity index (χ0) is 10.4. The third-order valence-corrected chi connectivity index (χ3v) is 2.46. The lowest BCUT2D eigenvalue weighted by Gasteiger charge is -2.08. The minimum absolute atomic E-state index is 0.268. The van der Waals surface area contributed by atoms with Gasteiger partial charge in [0.2, 0.25) is 0 Å². The number of aryl methyl sites for hydroxylation is 1. The number of methoxy groups -OCH3 is 1. The molecule has 0 saturated heterocycles. The van der Waals surface area contributed by atoms with Crippen molar-refractivity contribution in [2.45, 2.75) is 31.6 Å². The van der Waals surface area contributed by atoms with Crippen LogP contribution in [-0.4, -0.2) is 12.5 Å². The van der Waals surface area contributed by atoms with Gasteiger partial charge in [-0.25, -0.2) is 0 Å². The molecule has 0 aliphatic heterocycles. The van der Waals surface area contributed by atoms with Crippen molar-refractivity contribution >= 4 is 11.6 Å². The Hall–Kier alpha value is -0.690. The molecule has 0 aromatic heterocycles. The molecule has 1 nitrogen and oxygen atoms in total. The van der Waals surface area contributed by atoms with E-state index in [4.69, 9.17) is 16.3 Å². The number of halogens is 1. The molecule has 2 heteroatoms. The lowest BCUT2D eigenvalue weighted by Crippen LogP contribution is -1.95. The van der Waals surface area contributed by atoms with E-state index in [1.54, 1.807) is 7.11 Å². The van der Waals surface area contributed by atoms with Crippen LogP contribution < -0.4 is 4.74 Å². The van der Waals surface area contributed by atoms with Gasteiger partial charge in [-0.15, -0.1) is 11.6 Å². The van der Waals surface area contributed by atoms with Gasteiger partial charge in [-0.3, -0.25) is 0 Å².